The molecule has 0 fully saturated rings. The Kier molecular flexibility index (Phi) is 6.48. The van der Waals surface area contributed by atoms with E-state index in [9.17, 15) is 13.6 Å². The Balaban J connectivity index is 2.21. The molecule has 1 aromatic heterocycles. The molecule has 0 radical (unpaired) electrons. The van der Waals surface area contributed by atoms with E-state index >= 15 is 0 Å². The molecule has 0 aliphatic heterocycles. The maximum absolute atomic E-state index is 14.0. The van der Waals surface area contributed by atoms with Crippen LogP contribution in [0.3, 0.4) is 0 Å². The molecule has 2 N–H and O–H groups in total. The number of nitrogens with one attached hydrogen (secondary N) is 2. The number of nitrogens with zero attached hydrogens (tertiary/aromatic N) is 3. The Morgan fingerprint density at radius 1 is 1.48 bits per heavy atom. The summed E-state index contributed by atoms with van der Waals surface area (Å²) in [7, 11) is 0. The van der Waals surface area contributed by atoms with Crippen molar-refractivity contribution in [3.63, 3.8) is 0 Å². The number of benzene rings is 1. The van der Waals surface area contributed by atoms with Crippen molar-refractivity contribution >= 4 is 51.6 Å². The van der Waals surface area contributed by atoms with Crippen molar-refractivity contribution in [1.82, 2.24) is 15.7 Å². The summed E-state index contributed by atoms with van der Waals surface area (Å²) in [6, 6.07) is 2.99. The lowest BCUT2D eigenvalue weighted by Gasteiger charge is -2.18. The topological polar surface area (TPSA) is 69.6 Å². The van der Waals surface area contributed by atoms with Crippen molar-refractivity contribution in [2.75, 3.05) is 11.4 Å². The van der Waals surface area contributed by atoms with Crippen molar-refractivity contribution in [3.05, 3.63) is 40.9 Å². The maximum atomic E-state index is 14.0. The van der Waals surface area contributed by atoms with Crippen LogP contribution in [0, 0.1) is 11.6 Å². The second kappa shape index (κ2) is 8.58. The number of aromatic nitrogens is 1. The van der Waals surface area contributed by atoms with Crippen molar-refractivity contribution < 1.29 is 13.6 Å². The van der Waals surface area contributed by atoms with Crippen LogP contribution in [0.5, 0.6) is 0 Å². The highest BCUT2D eigenvalue weighted by Gasteiger charge is 2.21. The molecular formula is C15H15F2N5OS2. The van der Waals surface area contributed by atoms with Gasteiger partial charge in [-0.25, -0.2) is 13.8 Å². The molecule has 10 heteroatoms. The fraction of sp³-hybridized carbons (Fsp3) is 0.200. The average molecular weight is 383 g/mol. The Morgan fingerprint density at radius 2 is 2.24 bits per heavy atom. The van der Waals surface area contributed by atoms with Gasteiger partial charge in [-0.05, 0) is 31.3 Å². The first-order valence-electron chi connectivity index (χ1n) is 7.20. The summed E-state index contributed by atoms with van der Waals surface area (Å²) in [6.07, 6.45) is 1.42. The first-order valence-corrected chi connectivity index (χ1v) is 8.49. The third-order valence-corrected chi connectivity index (χ3v) is 3.95. The normalized spacial score (nSPS) is 10.7. The van der Waals surface area contributed by atoms with Gasteiger partial charge >= 0.3 is 0 Å². The van der Waals surface area contributed by atoms with Crippen LogP contribution in [0.4, 0.5) is 19.6 Å². The summed E-state index contributed by atoms with van der Waals surface area (Å²) >= 11 is 6.09. The van der Waals surface area contributed by atoms with Gasteiger partial charge in [-0.2, -0.15) is 5.10 Å². The van der Waals surface area contributed by atoms with Crippen LogP contribution >= 0.6 is 23.6 Å². The lowest BCUT2D eigenvalue weighted by molar-refractivity contribution is -0.115. The molecule has 2 aromatic rings. The number of hydrogen-bond acceptors (Lipinski definition) is 5. The predicted octanol–water partition coefficient (Wildman–Crippen LogP) is 2.92. The second-order valence-electron chi connectivity index (χ2n) is 4.73. The fourth-order valence-corrected chi connectivity index (χ4v) is 2.89. The zero-order chi connectivity index (χ0) is 18.4. The molecular weight excluding hydrogens is 368 g/mol. The van der Waals surface area contributed by atoms with E-state index < -0.39 is 17.5 Å². The molecule has 0 spiro atoms. The highest BCUT2D eigenvalue weighted by Crippen LogP contribution is 2.30. The molecule has 6 nitrogen and oxygen atoms in total. The van der Waals surface area contributed by atoms with Crippen LogP contribution in [-0.4, -0.2) is 28.8 Å². The van der Waals surface area contributed by atoms with E-state index in [4.69, 9.17) is 12.2 Å². The van der Waals surface area contributed by atoms with Gasteiger partial charge in [0, 0.05) is 24.9 Å². The number of hydrogen-bond donors (Lipinski definition) is 2. The van der Waals surface area contributed by atoms with Gasteiger partial charge in [0.25, 0.3) is 0 Å². The molecule has 0 saturated carbocycles. The lowest BCUT2D eigenvalue weighted by Crippen LogP contribution is -2.31. The van der Waals surface area contributed by atoms with E-state index in [1.54, 1.807) is 5.38 Å². The van der Waals surface area contributed by atoms with Crippen LogP contribution in [0.2, 0.25) is 0 Å². The minimum absolute atomic E-state index is 0.0711. The smallest absolute Gasteiger partial charge is 0.230 e. The minimum atomic E-state index is -0.849. The zero-order valence-corrected chi connectivity index (χ0v) is 15.0. The molecule has 1 heterocycles. The van der Waals surface area contributed by atoms with E-state index in [-0.39, 0.29) is 10.8 Å². The number of anilines is 2. The molecule has 0 aliphatic rings. The van der Waals surface area contributed by atoms with Crippen LogP contribution in [-0.2, 0) is 4.79 Å². The summed E-state index contributed by atoms with van der Waals surface area (Å²) in [5.41, 5.74) is 3.00. The lowest BCUT2D eigenvalue weighted by atomic mass is 10.2. The fourth-order valence-electron chi connectivity index (χ4n) is 1.87. The quantitative estimate of drug-likeness (QED) is 0.472. The molecule has 0 bridgehead atoms. The molecule has 0 unspecified atom stereocenters. The summed E-state index contributed by atoms with van der Waals surface area (Å²) in [4.78, 5) is 17.2. The highest BCUT2D eigenvalue weighted by molar-refractivity contribution is 7.80. The average Bonchev–Trinajstić information content (AvgIpc) is 2.98. The highest BCUT2D eigenvalue weighted by atomic mass is 32.1. The first-order chi connectivity index (χ1) is 11.9. The largest absolute Gasteiger partial charge is 0.362 e. The molecule has 25 heavy (non-hydrogen) atoms. The standard InChI is InChI=1S/C15H15F2N5OS2/c1-3-18-14(24)21-19-7-11-8-25-15(20-11)22(9(2)23)13-5-4-10(16)6-12(13)17/h4-8H,3H2,1-2H3,(H2,18,21,24)/b19-7-. The number of rotatable bonds is 5. The minimum Gasteiger partial charge on any atom is -0.362 e. The summed E-state index contributed by atoms with van der Waals surface area (Å²) < 4.78 is 27.1. The number of carbonyl (C=O) groups excluding carboxylic acids is 1. The zero-order valence-electron chi connectivity index (χ0n) is 13.4. The number of thiocarbonyl (C=S) groups is 1. The van der Waals surface area contributed by atoms with Crippen LogP contribution in [0.1, 0.15) is 19.5 Å². The monoisotopic (exact) mass is 383 g/mol. The summed E-state index contributed by atoms with van der Waals surface area (Å²) in [6.45, 7) is 3.84. The molecule has 0 saturated heterocycles. The van der Waals surface area contributed by atoms with Crippen LogP contribution in [0.25, 0.3) is 0 Å². The third-order valence-electron chi connectivity index (χ3n) is 2.87. The Morgan fingerprint density at radius 3 is 2.88 bits per heavy atom. The van der Waals surface area contributed by atoms with Gasteiger partial charge in [0.2, 0.25) is 5.91 Å². The van der Waals surface area contributed by atoms with E-state index in [1.165, 1.54) is 19.2 Å². The first kappa shape index (κ1) is 18.9. The van der Waals surface area contributed by atoms with Gasteiger partial charge in [0.05, 0.1) is 17.6 Å². The van der Waals surface area contributed by atoms with Crippen molar-refractivity contribution in [2.24, 2.45) is 5.10 Å². The van der Waals surface area contributed by atoms with E-state index in [0.29, 0.717) is 23.4 Å². The number of amides is 1. The summed E-state index contributed by atoms with van der Waals surface area (Å²) in [5, 5.41) is 9.04. The van der Waals surface area contributed by atoms with Gasteiger partial charge in [-0.1, -0.05) is 0 Å². The third kappa shape index (κ3) is 5.00. The van der Waals surface area contributed by atoms with Gasteiger partial charge in [-0.3, -0.25) is 15.1 Å². The number of carbonyl (C=O) groups is 1. The molecule has 2 rings (SSSR count). The Hall–Kier alpha value is -2.46. The van der Waals surface area contributed by atoms with Gasteiger partial charge in [0.1, 0.15) is 11.6 Å². The second-order valence-corrected chi connectivity index (χ2v) is 5.98. The van der Waals surface area contributed by atoms with E-state index in [1.807, 2.05) is 6.92 Å². The number of halogens is 2. The van der Waals surface area contributed by atoms with Gasteiger partial charge < -0.3 is 5.32 Å². The summed E-state index contributed by atoms with van der Waals surface area (Å²) in [5.74, 6) is -2.02. The maximum Gasteiger partial charge on any atom is 0.230 e. The number of thiazole rings is 1. The van der Waals surface area contributed by atoms with Crippen molar-refractivity contribution in [3.8, 4) is 0 Å². The molecule has 1 aromatic carbocycles. The number of hydrazone groups is 1. The van der Waals surface area contributed by atoms with E-state index in [0.717, 1.165) is 22.3 Å². The van der Waals surface area contributed by atoms with Crippen LogP contribution < -0.4 is 15.6 Å². The van der Waals surface area contributed by atoms with Crippen molar-refractivity contribution in [2.45, 2.75) is 13.8 Å². The predicted molar refractivity (Wildman–Crippen MR) is 98.3 cm³/mol. The van der Waals surface area contributed by atoms with Gasteiger partial charge in [0.15, 0.2) is 10.2 Å². The van der Waals surface area contributed by atoms with Gasteiger partial charge in [-0.15, -0.1) is 11.3 Å². The molecule has 132 valence electrons. The molecule has 0 atom stereocenters. The van der Waals surface area contributed by atoms with E-state index in [2.05, 4.69) is 20.8 Å². The Labute approximate surface area is 152 Å². The molecule has 0 aliphatic carbocycles. The Bertz CT molecular complexity index is 809. The van der Waals surface area contributed by atoms with Crippen molar-refractivity contribution in [1.29, 1.82) is 0 Å². The molecule has 1 amide bonds. The van der Waals surface area contributed by atoms with Crippen LogP contribution in [0.15, 0.2) is 28.7 Å². The SMILES string of the molecule is CCNC(=S)N/N=C\c1csc(N(C(C)=O)c2ccc(F)cc2F)n1.